The van der Waals surface area contributed by atoms with Crippen molar-refractivity contribution in [3.8, 4) is 11.5 Å². The van der Waals surface area contributed by atoms with Crippen LogP contribution in [0, 0.1) is 0 Å². The monoisotopic (exact) mass is 371 g/mol. The summed E-state index contributed by atoms with van der Waals surface area (Å²) in [6.07, 6.45) is 5.68. The van der Waals surface area contributed by atoms with E-state index in [9.17, 15) is 5.11 Å². The van der Waals surface area contributed by atoms with Gasteiger partial charge in [-0.2, -0.15) is 0 Å². The number of pyridine rings is 1. The number of hydrogen-bond acceptors (Lipinski definition) is 6. The number of hydrogen-bond donors (Lipinski definition) is 2. The normalized spacial score (nSPS) is 15.6. The number of benzene rings is 1. The number of rotatable bonds is 10. The lowest BCUT2D eigenvalue weighted by molar-refractivity contribution is 0.123. The van der Waals surface area contributed by atoms with Crippen LogP contribution in [-0.4, -0.2) is 54.4 Å². The molecule has 0 amide bonds. The first-order valence-corrected chi connectivity index (χ1v) is 9.54. The number of ether oxygens (including phenoxy) is 2. The average molecular weight is 371 g/mol. The Hall–Kier alpha value is -2.15. The Morgan fingerprint density at radius 1 is 1.19 bits per heavy atom. The summed E-state index contributed by atoms with van der Waals surface area (Å²) in [6, 6.07) is 9.78. The largest absolute Gasteiger partial charge is 0.493 e. The highest BCUT2D eigenvalue weighted by Gasteiger charge is 2.15. The van der Waals surface area contributed by atoms with Crippen LogP contribution in [0.1, 0.15) is 24.0 Å². The molecular weight excluding hydrogens is 342 g/mol. The van der Waals surface area contributed by atoms with E-state index in [0.29, 0.717) is 31.2 Å². The van der Waals surface area contributed by atoms with Crippen molar-refractivity contribution in [3.05, 3.63) is 53.9 Å². The van der Waals surface area contributed by atoms with Crippen molar-refractivity contribution in [2.45, 2.75) is 32.1 Å². The quantitative estimate of drug-likeness (QED) is 0.668. The molecule has 6 heteroatoms. The van der Waals surface area contributed by atoms with Gasteiger partial charge in [-0.05, 0) is 49.7 Å². The van der Waals surface area contributed by atoms with Gasteiger partial charge in [0.2, 0.25) is 0 Å². The Morgan fingerprint density at radius 3 is 2.78 bits per heavy atom. The van der Waals surface area contributed by atoms with Crippen LogP contribution in [-0.2, 0) is 13.2 Å². The molecule has 1 unspecified atom stereocenters. The molecule has 2 heterocycles. The molecule has 1 aromatic carbocycles. The second-order valence-corrected chi connectivity index (χ2v) is 6.93. The highest BCUT2D eigenvalue weighted by molar-refractivity contribution is 5.43. The maximum absolute atomic E-state index is 10.2. The van der Waals surface area contributed by atoms with Gasteiger partial charge in [0.15, 0.2) is 11.5 Å². The number of nitrogens with zero attached hydrogens (tertiary/aromatic N) is 2. The van der Waals surface area contributed by atoms with Gasteiger partial charge in [-0.1, -0.05) is 12.1 Å². The molecule has 1 saturated heterocycles. The summed E-state index contributed by atoms with van der Waals surface area (Å²) in [6.45, 7) is 4.67. The van der Waals surface area contributed by atoms with Crippen molar-refractivity contribution in [2.75, 3.05) is 33.3 Å². The van der Waals surface area contributed by atoms with Crippen molar-refractivity contribution in [3.63, 3.8) is 0 Å². The van der Waals surface area contributed by atoms with Gasteiger partial charge in [0.1, 0.15) is 6.61 Å². The van der Waals surface area contributed by atoms with Crippen LogP contribution >= 0.6 is 0 Å². The second kappa shape index (κ2) is 10.3. The van der Waals surface area contributed by atoms with Gasteiger partial charge >= 0.3 is 0 Å². The second-order valence-electron chi connectivity index (χ2n) is 6.93. The zero-order chi connectivity index (χ0) is 18.9. The van der Waals surface area contributed by atoms with Crippen LogP contribution < -0.4 is 14.8 Å². The molecule has 1 atom stereocenters. The van der Waals surface area contributed by atoms with E-state index in [1.807, 2.05) is 30.3 Å². The molecule has 3 rings (SSSR count). The van der Waals surface area contributed by atoms with Crippen LogP contribution in [0.5, 0.6) is 11.5 Å². The van der Waals surface area contributed by atoms with E-state index in [0.717, 1.165) is 30.8 Å². The van der Waals surface area contributed by atoms with Gasteiger partial charge < -0.3 is 24.8 Å². The SMILES string of the molecule is COc1cc(CNCC(O)CN2CCCC2)ccc1OCc1cccnc1. The summed E-state index contributed by atoms with van der Waals surface area (Å²) in [5.74, 6) is 1.41. The van der Waals surface area contributed by atoms with E-state index in [4.69, 9.17) is 9.47 Å². The summed E-state index contributed by atoms with van der Waals surface area (Å²) in [5, 5.41) is 13.5. The summed E-state index contributed by atoms with van der Waals surface area (Å²) in [4.78, 5) is 6.41. The predicted molar refractivity (Wildman–Crippen MR) is 105 cm³/mol. The van der Waals surface area contributed by atoms with Gasteiger partial charge in [-0.25, -0.2) is 0 Å². The third-order valence-corrected chi connectivity index (χ3v) is 4.72. The lowest BCUT2D eigenvalue weighted by Crippen LogP contribution is -2.36. The Balaban J connectivity index is 1.46. The van der Waals surface area contributed by atoms with Crippen LogP contribution in [0.25, 0.3) is 0 Å². The highest BCUT2D eigenvalue weighted by Crippen LogP contribution is 2.28. The fraction of sp³-hybridized carbons (Fsp3) is 0.476. The van der Waals surface area contributed by atoms with E-state index in [2.05, 4.69) is 15.2 Å². The fourth-order valence-corrected chi connectivity index (χ4v) is 3.30. The first-order valence-electron chi connectivity index (χ1n) is 9.54. The van der Waals surface area contributed by atoms with E-state index >= 15 is 0 Å². The van der Waals surface area contributed by atoms with Crippen molar-refractivity contribution in [1.82, 2.24) is 15.2 Å². The molecule has 0 saturated carbocycles. The third-order valence-electron chi connectivity index (χ3n) is 4.72. The number of aliphatic hydroxyl groups excluding tert-OH is 1. The molecule has 2 aromatic rings. The van der Waals surface area contributed by atoms with Gasteiger partial charge in [-0.15, -0.1) is 0 Å². The molecule has 1 aliphatic rings. The molecule has 1 fully saturated rings. The molecule has 0 aliphatic carbocycles. The minimum Gasteiger partial charge on any atom is -0.493 e. The Bertz CT molecular complexity index is 690. The molecule has 146 valence electrons. The van der Waals surface area contributed by atoms with Crippen molar-refractivity contribution >= 4 is 0 Å². The number of likely N-dealkylation sites (tertiary alicyclic amines) is 1. The first kappa shape index (κ1) is 19.6. The van der Waals surface area contributed by atoms with E-state index in [-0.39, 0.29) is 6.10 Å². The van der Waals surface area contributed by atoms with Gasteiger partial charge in [-0.3, -0.25) is 4.98 Å². The standard InChI is InChI=1S/C21H29N3O3/c1-26-21-11-17(12-23-14-19(25)15-24-9-2-3-10-24)6-7-20(21)27-16-18-5-4-8-22-13-18/h4-8,11,13,19,23,25H,2-3,9-10,12,14-16H2,1H3. The Morgan fingerprint density at radius 2 is 2.04 bits per heavy atom. The summed E-state index contributed by atoms with van der Waals surface area (Å²) in [5.41, 5.74) is 2.10. The van der Waals surface area contributed by atoms with Crippen LogP contribution in [0.15, 0.2) is 42.7 Å². The molecule has 2 N–H and O–H groups in total. The molecule has 1 aliphatic heterocycles. The van der Waals surface area contributed by atoms with Gasteiger partial charge in [0.05, 0.1) is 13.2 Å². The van der Waals surface area contributed by atoms with E-state index < -0.39 is 0 Å². The molecular formula is C21H29N3O3. The molecule has 0 radical (unpaired) electrons. The zero-order valence-corrected chi connectivity index (χ0v) is 15.9. The summed E-state index contributed by atoms with van der Waals surface area (Å²) >= 11 is 0. The maximum Gasteiger partial charge on any atom is 0.161 e. The molecule has 0 bridgehead atoms. The summed E-state index contributed by atoms with van der Waals surface area (Å²) in [7, 11) is 1.64. The number of aromatic nitrogens is 1. The lowest BCUT2D eigenvalue weighted by atomic mass is 10.2. The fourth-order valence-electron chi connectivity index (χ4n) is 3.30. The molecule has 1 aromatic heterocycles. The van der Waals surface area contributed by atoms with E-state index in [1.165, 1.54) is 12.8 Å². The average Bonchev–Trinajstić information content (AvgIpc) is 3.20. The maximum atomic E-state index is 10.2. The third kappa shape index (κ3) is 6.20. The summed E-state index contributed by atoms with van der Waals surface area (Å²) < 4.78 is 11.3. The predicted octanol–water partition coefficient (Wildman–Crippen LogP) is 2.22. The van der Waals surface area contributed by atoms with Gasteiger partial charge in [0, 0.05) is 37.6 Å². The smallest absolute Gasteiger partial charge is 0.161 e. The first-order chi connectivity index (χ1) is 13.2. The number of methoxy groups -OCH3 is 1. The number of nitrogens with one attached hydrogen (secondary N) is 1. The Kier molecular flexibility index (Phi) is 7.45. The zero-order valence-electron chi connectivity index (χ0n) is 15.9. The topological polar surface area (TPSA) is 66.8 Å². The van der Waals surface area contributed by atoms with Crippen LogP contribution in [0.2, 0.25) is 0 Å². The molecule has 6 nitrogen and oxygen atoms in total. The number of β-amino-alcohol motifs (C(OH)–C–C–N with tert-alkyl or cyclic N) is 1. The van der Waals surface area contributed by atoms with Crippen LogP contribution in [0.3, 0.4) is 0 Å². The molecule has 27 heavy (non-hydrogen) atoms. The number of aliphatic hydroxyl groups is 1. The lowest BCUT2D eigenvalue weighted by Gasteiger charge is -2.19. The van der Waals surface area contributed by atoms with Gasteiger partial charge in [0.25, 0.3) is 0 Å². The van der Waals surface area contributed by atoms with Crippen molar-refractivity contribution < 1.29 is 14.6 Å². The Labute approximate surface area is 161 Å². The van der Waals surface area contributed by atoms with Crippen molar-refractivity contribution in [1.29, 1.82) is 0 Å². The minimum absolute atomic E-state index is 0.341. The van der Waals surface area contributed by atoms with Crippen LogP contribution in [0.4, 0.5) is 0 Å². The van der Waals surface area contributed by atoms with Crippen molar-refractivity contribution in [2.24, 2.45) is 0 Å². The highest BCUT2D eigenvalue weighted by atomic mass is 16.5. The van der Waals surface area contributed by atoms with E-state index in [1.54, 1.807) is 19.5 Å². The minimum atomic E-state index is -0.341. The molecule has 0 spiro atoms.